The molecule has 1 N–H and O–H groups in total. The SMILES string of the molecule is CC(=O)CC/C(=C\c1cc(-c2ccccc2)no1)C(=O)O. The first-order valence-electron chi connectivity index (χ1n) is 6.51. The van der Waals surface area contributed by atoms with Gasteiger partial charge in [-0.15, -0.1) is 0 Å². The van der Waals surface area contributed by atoms with E-state index in [2.05, 4.69) is 5.16 Å². The van der Waals surface area contributed by atoms with Crippen molar-refractivity contribution in [3.63, 3.8) is 0 Å². The van der Waals surface area contributed by atoms with Gasteiger partial charge in [-0.05, 0) is 19.4 Å². The molecule has 0 aliphatic heterocycles. The summed E-state index contributed by atoms with van der Waals surface area (Å²) in [6.45, 7) is 1.43. The first kappa shape index (κ1) is 14.7. The van der Waals surface area contributed by atoms with Gasteiger partial charge in [0.25, 0.3) is 0 Å². The standard InChI is InChI=1S/C16H15NO4/c1-11(18)7-8-13(16(19)20)9-14-10-15(17-21-14)12-5-3-2-4-6-12/h2-6,9-10H,7-8H2,1H3,(H,19,20)/b13-9+. The number of ketones is 1. The Labute approximate surface area is 121 Å². The van der Waals surface area contributed by atoms with Crippen LogP contribution in [0.4, 0.5) is 0 Å². The van der Waals surface area contributed by atoms with E-state index in [0.717, 1.165) is 5.56 Å². The summed E-state index contributed by atoms with van der Waals surface area (Å²) in [6.07, 6.45) is 1.77. The van der Waals surface area contributed by atoms with Crippen molar-refractivity contribution in [1.82, 2.24) is 5.16 Å². The van der Waals surface area contributed by atoms with Crippen molar-refractivity contribution < 1.29 is 19.2 Å². The summed E-state index contributed by atoms with van der Waals surface area (Å²) in [6, 6.07) is 11.1. The fourth-order valence-corrected chi connectivity index (χ4v) is 1.83. The Balaban J connectivity index is 2.21. The summed E-state index contributed by atoms with van der Waals surface area (Å²) in [5.41, 5.74) is 1.65. The molecule has 1 heterocycles. The minimum atomic E-state index is -1.06. The number of hydrogen-bond acceptors (Lipinski definition) is 4. The average molecular weight is 285 g/mol. The Bertz CT molecular complexity index is 671. The topological polar surface area (TPSA) is 80.4 Å². The van der Waals surface area contributed by atoms with Crippen molar-refractivity contribution >= 4 is 17.8 Å². The number of aliphatic carboxylic acids is 1. The molecule has 5 heteroatoms. The summed E-state index contributed by atoms with van der Waals surface area (Å²) in [5, 5.41) is 13.0. The maximum atomic E-state index is 11.2. The number of carboxylic acids is 1. The number of benzene rings is 1. The molecule has 0 bridgehead atoms. The van der Waals surface area contributed by atoms with Crippen LogP contribution in [0.15, 0.2) is 46.5 Å². The fourth-order valence-electron chi connectivity index (χ4n) is 1.83. The molecule has 0 saturated carbocycles. The van der Waals surface area contributed by atoms with E-state index in [9.17, 15) is 9.59 Å². The van der Waals surface area contributed by atoms with Crippen LogP contribution >= 0.6 is 0 Å². The lowest BCUT2D eigenvalue weighted by atomic mass is 10.1. The van der Waals surface area contributed by atoms with Gasteiger partial charge in [0, 0.05) is 23.6 Å². The first-order valence-corrected chi connectivity index (χ1v) is 6.51. The van der Waals surface area contributed by atoms with Crippen LogP contribution in [0.3, 0.4) is 0 Å². The highest BCUT2D eigenvalue weighted by atomic mass is 16.5. The lowest BCUT2D eigenvalue weighted by Gasteiger charge is -1.98. The highest BCUT2D eigenvalue weighted by Gasteiger charge is 2.11. The van der Waals surface area contributed by atoms with Crippen molar-refractivity contribution in [3.05, 3.63) is 47.7 Å². The molecule has 108 valence electrons. The van der Waals surface area contributed by atoms with Crippen molar-refractivity contribution in [2.75, 3.05) is 0 Å². The number of nitrogens with zero attached hydrogens (tertiary/aromatic N) is 1. The zero-order valence-corrected chi connectivity index (χ0v) is 11.6. The second kappa shape index (κ2) is 6.65. The van der Waals surface area contributed by atoms with Crippen LogP contribution in [0.25, 0.3) is 17.3 Å². The van der Waals surface area contributed by atoms with Gasteiger partial charge in [0.05, 0.1) is 0 Å². The minimum Gasteiger partial charge on any atom is -0.478 e. The lowest BCUT2D eigenvalue weighted by Crippen LogP contribution is -2.02. The van der Waals surface area contributed by atoms with Gasteiger partial charge in [0.1, 0.15) is 11.5 Å². The van der Waals surface area contributed by atoms with Gasteiger partial charge >= 0.3 is 5.97 Å². The third-order valence-corrected chi connectivity index (χ3v) is 2.94. The molecule has 0 radical (unpaired) electrons. The summed E-state index contributed by atoms with van der Waals surface area (Å²) in [5.74, 6) is -0.756. The number of hydrogen-bond donors (Lipinski definition) is 1. The van der Waals surface area contributed by atoms with Crippen LogP contribution in [0.5, 0.6) is 0 Å². The summed E-state index contributed by atoms with van der Waals surface area (Å²) in [7, 11) is 0. The number of carbonyl (C=O) groups is 2. The number of carbonyl (C=O) groups excluding carboxylic acids is 1. The molecule has 0 saturated heterocycles. The van der Waals surface area contributed by atoms with E-state index >= 15 is 0 Å². The molecule has 2 rings (SSSR count). The van der Waals surface area contributed by atoms with Crippen LogP contribution in [0.1, 0.15) is 25.5 Å². The van der Waals surface area contributed by atoms with Gasteiger partial charge in [-0.25, -0.2) is 4.79 Å². The molecule has 2 aromatic rings. The summed E-state index contributed by atoms with van der Waals surface area (Å²) < 4.78 is 5.13. The molecule has 1 aromatic heterocycles. The smallest absolute Gasteiger partial charge is 0.331 e. The summed E-state index contributed by atoms with van der Waals surface area (Å²) in [4.78, 5) is 22.1. The molecule has 0 fully saturated rings. The van der Waals surface area contributed by atoms with Crippen LogP contribution in [-0.2, 0) is 9.59 Å². The van der Waals surface area contributed by atoms with E-state index < -0.39 is 5.97 Å². The molecule has 0 aliphatic carbocycles. The molecule has 1 aromatic carbocycles. The molecule has 0 unspecified atom stereocenters. The van der Waals surface area contributed by atoms with E-state index in [4.69, 9.17) is 9.63 Å². The van der Waals surface area contributed by atoms with Gasteiger partial charge in [-0.1, -0.05) is 35.5 Å². The monoisotopic (exact) mass is 285 g/mol. The minimum absolute atomic E-state index is 0.0512. The maximum Gasteiger partial charge on any atom is 0.331 e. The number of rotatable bonds is 6. The third kappa shape index (κ3) is 4.14. The van der Waals surface area contributed by atoms with Crippen LogP contribution in [0.2, 0.25) is 0 Å². The zero-order valence-electron chi connectivity index (χ0n) is 11.6. The highest BCUT2D eigenvalue weighted by molar-refractivity contribution is 5.92. The quantitative estimate of drug-likeness (QED) is 0.824. The van der Waals surface area contributed by atoms with Gasteiger partial charge in [0.2, 0.25) is 0 Å². The maximum absolute atomic E-state index is 11.2. The molecule has 0 aliphatic rings. The van der Waals surface area contributed by atoms with Crippen molar-refractivity contribution in [2.45, 2.75) is 19.8 Å². The summed E-state index contributed by atoms with van der Waals surface area (Å²) >= 11 is 0. The van der Waals surface area contributed by atoms with Crippen molar-refractivity contribution in [3.8, 4) is 11.3 Å². The van der Waals surface area contributed by atoms with E-state index in [-0.39, 0.29) is 24.2 Å². The Hall–Kier alpha value is -2.69. The molecule has 5 nitrogen and oxygen atoms in total. The molecule has 0 atom stereocenters. The van der Waals surface area contributed by atoms with Gasteiger partial charge in [-0.3, -0.25) is 0 Å². The van der Waals surface area contributed by atoms with E-state index in [1.165, 1.54) is 13.0 Å². The van der Waals surface area contributed by atoms with E-state index in [1.807, 2.05) is 30.3 Å². The molecule has 21 heavy (non-hydrogen) atoms. The first-order chi connectivity index (χ1) is 10.1. The third-order valence-electron chi connectivity index (χ3n) is 2.94. The Kier molecular flexibility index (Phi) is 4.66. The number of Topliss-reactive ketones (excluding diaryl/α,β-unsaturated/α-hetero) is 1. The average Bonchev–Trinajstić information content (AvgIpc) is 2.92. The highest BCUT2D eigenvalue weighted by Crippen LogP contribution is 2.21. The van der Waals surface area contributed by atoms with Crippen molar-refractivity contribution in [1.29, 1.82) is 0 Å². The number of carboxylic acid groups (broad SMARTS) is 1. The van der Waals surface area contributed by atoms with Crippen molar-refractivity contribution in [2.24, 2.45) is 0 Å². The number of aromatic nitrogens is 1. The predicted molar refractivity (Wildman–Crippen MR) is 77.5 cm³/mol. The van der Waals surface area contributed by atoms with Crippen LogP contribution in [0, 0.1) is 0 Å². The normalized spacial score (nSPS) is 11.4. The predicted octanol–water partition coefficient (Wildman–Crippen LogP) is 3.18. The largest absolute Gasteiger partial charge is 0.478 e. The van der Waals surface area contributed by atoms with E-state index in [0.29, 0.717) is 11.5 Å². The second-order valence-electron chi connectivity index (χ2n) is 4.66. The lowest BCUT2D eigenvalue weighted by molar-refractivity contribution is -0.132. The van der Waals surface area contributed by atoms with Crippen LogP contribution < -0.4 is 0 Å². The zero-order chi connectivity index (χ0) is 15.2. The molecular weight excluding hydrogens is 270 g/mol. The van der Waals surface area contributed by atoms with Gasteiger partial charge in [0.15, 0.2) is 5.76 Å². The van der Waals surface area contributed by atoms with Crippen LogP contribution in [-0.4, -0.2) is 22.0 Å². The fraction of sp³-hybridized carbons (Fsp3) is 0.188. The molecule has 0 amide bonds. The molecule has 0 spiro atoms. The second-order valence-corrected chi connectivity index (χ2v) is 4.66. The van der Waals surface area contributed by atoms with E-state index in [1.54, 1.807) is 6.07 Å². The Morgan fingerprint density at radius 2 is 1.95 bits per heavy atom. The van der Waals surface area contributed by atoms with Gasteiger partial charge in [-0.2, -0.15) is 0 Å². The Morgan fingerprint density at radius 3 is 2.57 bits per heavy atom. The Morgan fingerprint density at radius 1 is 1.24 bits per heavy atom. The molecular formula is C16H15NO4. The van der Waals surface area contributed by atoms with Gasteiger partial charge < -0.3 is 14.4 Å².